The van der Waals surface area contributed by atoms with E-state index in [9.17, 15) is 13.6 Å². The molecule has 2 amide bonds. The summed E-state index contributed by atoms with van der Waals surface area (Å²) in [5, 5.41) is 5.82. The molecule has 1 aromatic rings. The molecule has 1 aromatic heterocycles. The van der Waals surface area contributed by atoms with Gasteiger partial charge in [0.05, 0.1) is 0 Å². The normalized spacial score (nSPS) is 26.1. The van der Waals surface area contributed by atoms with E-state index in [2.05, 4.69) is 20.4 Å². The molecular weight excluding hydrogens is 304 g/mol. The van der Waals surface area contributed by atoms with Crippen molar-refractivity contribution in [2.24, 2.45) is 11.8 Å². The van der Waals surface area contributed by atoms with Crippen molar-refractivity contribution in [1.29, 1.82) is 0 Å². The SMILES string of the molecule is O=C(NCc1ccnc(OC(F)F)c1)N[C@@H]1CC[C@H]2CCC[C@H]21.[HH].[HH]. The number of rotatable bonds is 5. The standard InChI is InChI=1S/C16H21F2N3O2.2H2/c17-15(18)23-14-8-10(6-7-19-14)9-20-16(22)21-13-5-4-11-2-1-3-12(11)13;;/h6-8,11-13,15H,1-5,9H2,(H2,20,21,22);2*1H/t11-,12-,13-;;/m1../s1. The molecule has 23 heavy (non-hydrogen) atoms. The van der Waals surface area contributed by atoms with Crippen LogP contribution in [0.5, 0.6) is 5.88 Å². The fraction of sp³-hybridized carbons (Fsp3) is 0.625. The van der Waals surface area contributed by atoms with E-state index in [1.165, 1.54) is 37.9 Å². The number of carbonyl (C=O) groups is 1. The van der Waals surface area contributed by atoms with Crippen LogP contribution in [0.2, 0.25) is 0 Å². The molecule has 2 aliphatic carbocycles. The average Bonchev–Trinajstić information content (AvgIpc) is 3.10. The van der Waals surface area contributed by atoms with Gasteiger partial charge in [-0.25, -0.2) is 9.78 Å². The van der Waals surface area contributed by atoms with Gasteiger partial charge in [0, 0.05) is 27.7 Å². The first kappa shape index (κ1) is 16.0. The number of pyridine rings is 1. The van der Waals surface area contributed by atoms with Crippen molar-refractivity contribution in [3.63, 3.8) is 0 Å². The third-order valence-electron chi connectivity index (χ3n) is 4.86. The van der Waals surface area contributed by atoms with Crippen LogP contribution in [0.25, 0.3) is 0 Å². The van der Waals surface area contributed by atoms with Gasteiger partial charge in [-0.1, -0.05) is 12.8 Å². The number of amides is 2. The van der Waals surface area contributed by atoms with Gasteiger partial charge in [0.1, 0.15) is 0 Å². The first-order valence-corrected chi connectivity index (χ1v) is 8.06. The summed E-state index contributed by atoms with van der Waals surface area (Å²) in [5.74, 6) is 1.24. The monoisotopic (exact) mass is 329 g/mol. The maximum Gasteiger partial charge on any atom is 0.388 e. The molecule has 7 heteroatoms. The molecule has 0 bridgehead atoms. The predicted molar refractivity (Wildman–Crippen MR) is 84.3 cm³/mol. The first-order chi connectivity index (χ1) is 11.1. The molecule has 0 spiro atoms. The molecule has 2 N–H and O–H groups in total. The highest BCUT2D eigenvalue weighted by Crippen LogP contribution is 2.43. The van der Waals surface area contributed by atoms with E-state index in [4.69, 9.17) is 0 Å². The van der Waals surface area contributed by atoms with Gasteiger partial charge in [0.15, 0.2) is 0 Å². The number of aromatic nitrogens is 1. The number of ether oxygens (including phenoxy) is 1. The van der Waals surface area contributed by atoms with Gasteiger partial charge in [-0.05, 0) is 42.7 Å². The minimum atomic E-state index is -2.91. The lowest BCUT2D eigenvalue weighted by atomic mass is 9.98. The van der Waals surface area contributed by atoms with Crippen LogP contribution in [0.3, 0.4) is 0 Å². The number of nitrogens with one attached hydrogen (secondary N) is 2. The second kappa shape index (κ2) is 7.10. The Kier molecular flexibility index (Phi) is 4.93. The molecule has 0 unspecified atom stereocenters. The number of urea groups is 1. The third kappa shape index (κ3) is 4.09. The molecule has 0 radical (unpaired) electrons. The lowest BCUT2D eigenvalue weighted by Gasteiger charge is -2.20. The number of hydrogen-bond donors (Lipinski definition) is 2. The van der Waals surface area contributed by atoms with Crippen LogP contribution in [-0.4, -0.2) is 23.7 Å². The fourth-order valence-electron chi connectivity index (χ4n) is 3.86. The predicted octanol–water partition coefficient (Wildman–Crippen LogP) is 3.55. The molecule has 2 saturated carbocycles. The van der Waals surface area contributed by atoms with E-state index in [-0.39, 0.29) is 27.4 Å². The van der Waals surface area contributed by atoms with Crippen molar-refractivity contribution in [3.8, 4) is 5.88 Å². The summed E-state index contributed by atoms with van der Waals surface area (Å²) in [5.41, 5.74) is 0.663. The van der Waals surface area contributed by atoms with Gasteiger partial charge in [-0.15, -0.1) is 0 Å². The lowest BCUT2D eigenvalue weighted by Crippen LogP contribution is -2.43. The van der Waals surface area contributed by atoms with Crippen molar-refractivity contribution in [3.05, 3.63) is 23.9 Å². The Labute approximate surface area is 136 Å². The number of hydrogen-bond acceptors (Lipinski definition) is 3. The highest BCUT2D eigenvalue weighted by atomic mass is 19.3. The van der Waals surface area contributed by atoms with Gasteiger partial charge in [-0.2, -0.15) is 8.78 Å². The summed E-state index contributed by atoms with van der Waals surface area (Å²) >= 11 is 0. The summed E-state index contributed by atoms with van der Waals surface area (Å²) in [7, 11) is 0. The zero-order chi connectivity index (χ0) is 16.2. The summed E-state index contributed by atoms with van der Waals surface area (Å²) in [6.07, 6.45) is 7.38. The maximum absolute atomic E-state index is 12.2. The topological polar surface area (TPSA) is 63.2 Å². The molecule has 0 saturated heterocycles. The molecule has 3 atom stereocenters. The number of nitrogens with zero attached hydrogens (tertiary/aromatic N) is 1. The maximum atomic E-state index is 12.2. The minimum Gasteiger partial charge on any atom is -0.417 e. The van der Waals surface area contributed by atoms with Gasteiger partial charge < -0.3 is 15.4 Å². The van der Waals surface area contributed by atoms with Crippen LogP contribution in [0, 0.1) is 11.8 Å². The zero-order valence-electron chi connectivity index (χ0n) is 12.8. The van der Waals surface area contributed by atoms with Gasteiger partial charge >= 0.3 is 12.6 Å². The van der Waals surface area contributed by atoms with Crippen molar-refractivity contribution < 1.29 is 21.2 Å². The first-order valence-electron chi connectivity index (χ1n) is 8.06. The van der Waals surface area contributed by atoms with Crippen LogP contribution < -0.4 is 15.4 Å². The number of carbonyl (C=O) groups excluding carboxylic acids is 1. The van der Waals surface area contributed by atoms with Crippen molar-refractivity contribution in [1.82, 2.24) is 15.6 Å². The Morgan fingerprint density at radius 3 is 3.09 bits per heavy atom. The van der Waals surface area contributed by atoms with Crippen molar-refractivity contribution >= 4 is 6.03 Å². The number of fused-ring (bicyclic) bond motifs is 1. The molecule has 5 nitrogen and oxygen atoms in total. The smallest absolute Gasteiger partial charge is 0.388 e. The van der Waals surface area contributed by atoms with Crippen LogP contribution in [0.15, 0.2) is 18.3 Å². The lowest BCUT2D eigenvalue weighted by molar-refractivity contribution is -0.0529. The largest absolute Gasteiger partial charge is 0.417 e. The van der Waals surface area contributed by atoms with E-state index in [0.717, 1.165) is 12.3 Å². The molecule has 2 aliphatic rings. The summed E-state index contributed by atoms with van der Waals surface area (Å²) in [6.45, 7) is -2.66. The van der Waals surface area contributed by atoms with Gasteiger partial charge in [0.25, 0.3) is 0 Å². The summed E-state index contributed by atoms with van der Waals surface area (Å²) < 4.78 is 28.6. The zero-order valence-corrected chi connectivity index (χ0v) is 12.8. The molecule has 0 aromatic carbocycles. The Morgan fingerprint density at radius 1 is 1.39 bits per heavy atom. The van der Waals surface area contributed by atoms with Gasteiger partial charge in [-0.3, -0.25) is 0 Å². The average molecular weight is 329 g/mol. The second-order valence-electron chi connectivity index (χ2n) is 6.25. The Hall–Kier alpha value is -1.92. The van der Waals surface area contributed by atoms with Crippen LogP contribution in [-0.2, 0) is 6.54 Å². The molecule has 130 valence electrons. The minimum absolute atomic E-state index is 0. The van der Waals surface area contributed by atoms with E-state index in [1.54, 1.807) is 6.07 Å². The summed E-state index contributed by atoms with van der Waals surface area (Å²) in [4.78, 5) is 15.7. The second-order valence-corrected chi connectivity index (χ2v) is 6.25. The Bertz CT molecular complexity index is 566. The highest BCUT2D eigenvalue weighted by Gasteiger charge is 2.39. The van der Waals surface area contributed by atoms with Crippen LogP contribution in [0.1, 0.15) is 40.5 Å². The van der Waals surface area contributed by atoms with Gasteiger partial charge in [0.2, 0.25) is 5.88 Å². The Morgan fingerprint density at radius 2 is 2.26 bits per heavy atom. The molecule has 2 fully saturated rings. The summed E-state index contributed by atoms with van der Waals surface area (Å²) in [6, 6.07) is 3.10. The number of halogens is 2. The molecule has 3 rings (SSSR count). The van der Waals surface area contributed by atoms with Crippen LogP contribution in [0.4, 0.5) is 13.6 Å². The van der Waals surface area contributed by atoms with Crippen molar-refractivity contribution in [2.45, 2.75) is 51.3 Å². The molecule has 0 aliphatic heterocycles. The van der Waals surface area contributed by atoms with E-state index < -0.39 is 6.61 Å². The quantitative estimate of drug-likeness (QED) is 0.868. The van der Waals surface area contributed by atoms with E-state index >= 15 is 0 Å². The van der Waals surface area contributed by atoms with Crippen molar-refractivity contribution in [2.75, 3.05) is 0 Å². The molecular formula is C16H25F2N3O2. The van der Waals surface area contributed by atoms with E-state index in [1.807, 2.05) is 0 Å². The highest BCUT2D eigenvalue weighted by molar-refractivity contribution is 5.74. The third-order valence-corrected chi connectivity index (χ3v) is 4.86. The Balaban J connectivity index is 0.00000156. The molecule has 1 heterocycles. The fourth-order valence-corrected chi connectivity index (χ4v) is 3.86. The van der Waals surface area contributed by atoms with E-state index in [0.29, 0.717) is 11.5 Å². The number of alkyl halides is 2. The van der Waals surface area contributed by atoms with Crippen LogP contribution >= 0.6 is 0 Å².